The third-order valence-corrected chi connectivity index (χ3v) is 5.16. The van der Waals surface area contributed by atoms with E-state index in [2.05, 4.69) is 10.6 Å². The van der Waals surface area contributed by atoms with Crippen LogP contribution in [0.4, 0.5) is 9.18 Å². The second-order valence-corrected chi connectivity index (χ2v) is 7.05. The van der Waals surface area contributed by atoms with Crippen LogP contribution in [0.2, 0.25) is 0 Å². The molecule has 1 atom stereocenters. The van der Waals surface area contributed by atoms with Crippen molar-refractivity contribution in [3.05, 3.63) is 70.7 Å². The highest BCUT2D eigenvalue weighted by atomic mass is 19.1. The van der Waals surface area contributed by atoms with Gasteiger partial charge < -0.3 is 19.8 Å². The van der Waals surface area contributed by atoms with E-state index in [0.29, 0.717) is 10.9 Å². The van der Waals surface area contributed by atoms with Crippen LogP contribution >= 0.6 is 0 Å². The molecule has 0 aliphatic carbocycles. The predicted octanol–water partition coefficient (Wildman–Crippen LogP) is 2.22. The Morgan fingerprint density at radius 2 is 1.97 bits per heavy atom. The molecule has 1 saturated heterocycles. The zero-order chi connectivity index (χ0) is 21.7. The van der Waals surface area contributed by atoms with Crippen molar-refractivity contribution in [3.63, 3.8) is 0 Å². The Morgan fingerprint density at radius 3 is 2.74 bits per heavy atom. The largest absolute Gasteiger partial charge is 0.455 e. The van der Waals surface area contributed by atoms with E-state index >= 15 is 0 Å². The van der Waals surface area contributed by atoms with Crippen LogP contribution in [0.15, 0.2) is 46.9 Å². The van der Waals surface area contributed by atoms with Crippen LogP contribution in [0.5, 0.6) is 0 Å². The quantitative estimate of drug-likeness (QED) is 0.491. The van der Waals surface area contributed by atoms with Crippen molar-refractivity contribution in [2.24, 2.45) is 0 Å². The number of carbonyl (C=O) groups excluding carboxylic acids is 4. The minimum absolute atomic E-state index is 0.00761. The molecule has 0 unspecified atom stereocenters. The molecular weight excluding hydrogens is 409 g/mol. The van der Waals surface area contributed by atoms with Gasteiger partial charge in [0, 0.05) is 11.9 Å². The maximum absolute atomic E-state index is 14.7. The first-order valence-corrected chi connectivity index (χ1v) is 9.31. The summed E-state index contributed by atoms with van der Waals surface area (Å²) in [5.74, 6) is -2.75. The van der Waals surface area contributed by atoms with E-state index in [0.717, 1.165) is 4.90 Å². The molecule has 156 valence electrons. The molecule has 10 heteroatoms. The second-order valence-electron chi connectivity index (χ2n) is 7.05. The minimum Gasteiger partial charge on any atom is -0.455 e. The summed E-state index contributed by atoms with van der Waals surface area (Å²) in [6, 6.07) is 9.16. The SMILES string of the molecule is O=C(OCN1C(=O)N[C@@H](c2cc3cc4c(c(F)c3o2)C(=O)NC4)C1=O)c1ccccc1. The van der Waals surface area contributed by atoms with Crippen LogP contribution in [0, 0.1) is 5.82 Å². The molecule has 4 amide bonds. The fraction of sp³-hybridized carbons (Fsp3) is 0.143. The number of halogens is 1. The summed E-state index contributed by atoms with van der Waals surface area (Å²) >= 11 is 0. The van der Waals surface area contributed by atoms with Crippen LogP contribution in [0.3, 0.4) is 0 Å². The van der Waals surface area contributed by atoms with Gasteiger partial charge in [0.15, 0.2) is 24.2 Å². The maximum atomic E-state index is 14.7. The van der Waals surface area contributed by atoms with Crippen molar-refractivity contribution in [2.75, 3.05) is 6.73 Å². The molecule has 0 bridgehead atoms. The molecule has 2 N–H and O–H groups in total. The van der Waals surface area contributed by atoms with Crippen LogP contribution in [0.25, 0.3) is 11.0 Å². The highest BCUT2D eigenvalue weighted by molar-refractivity contribution is 6.05. The lowest BCUT2D eigenvalue weighted by Crippen LogP contribution is -2.34. The van der Waals surface area contributed by atoms with Gasteiger partial charge in [-0.1, -0.05) is 18.2 Å². The number of nitrogens with one attached hydrogen (secondary N) is 2. The molecule has 0 radical (unpaired) electrons. The number of nitrogens with zero attached hydrogens (tertiary/aromatic N) is 1. The van der Waals surface area contributed by atoms with Gasteiger partial charge in [-0.2, -0.15) is 0 Å². The molecule has 2 aliphatic rings. The van der Waals surface area contributed by atoms with Gasteiger partial charge in [0.1, 0.15) is 5.76 Å². The summed E-state index contributed by atoms with van der Waals surface area (Å²) in [6.45, 7) is -0.390. The van der Waals surface area contributed by atoms with E-state index in [1.807, 2.05) is 0 Å². The van der Waals surface area contributed by atoms with Crippen molar-refractivity contribution < 1.29 is 32.7 Å². The number of esters is 1. The fourth-order valence-electron chi connectivity index (χ4n) is 3.62. The Bertz CT molecular complexity index is 1270. The van der Waals surface area contributed by atoms with E-state index in [1.54, 1.807) is 24.3 Å². The average Bonchev–Trinajstić information content (AvgIpc) is 3.43. The zero-order valence-corrected chi connectivity index (χ0v) is 15.8. The molecule has 1 fully saturated rings. The number of rotatable bonds is 4. The Morgan fingerprint density at radius 1 is 1.19 bits per heavy atom. The van der Waals surface area contributed by atoms with Crippen molar-refractivity contribution in [1.82, 2.24) is 15.5 Å². The average molecular weight is 423 g/mol. The molecular formula is C21H14FN3O6. The van der Waals surface area contributed by atoms with Crippen LogP contribution in [0.1, 0.15) is 38.1 Å². The van der Waals surface area contributed by atoms with Gasteiger partial charge in [0.25, 0.3) is 11.8 Å². The minimum atomic E-state index is -1.21. The standard InChI is InChI=1S/C21H14FN3O6/c22-15-14-12(8-23-18(14)26)6-11-7-13(31-17(11)15)16-19(27)25(21(29)24-16)9-30-20(28)10-4-2-1-3-5-10/h1-7,16H,8-9H2,(H,23,26)(H,24,29)/t16-/m0/s1. The summed E-state index contributed by atoms with van der Waals surface area (Å²) in [7, 11) is 0. The van der Waals surface area contributed by atoms with Crippen molar-refractivity contribution in [3.8, 4) is 0 Å². The third kappa shape index (κ3) is 3.00. The van der Waals surface area contributed by atoms with E-state index in [-0.39, 0.29) is 29.0 Å². The first-order chi connectivity index (χ1) is 14.9. The number of amides is 4. The molecule has 9 nitrogen and oxygen atoms in total. The van der Waals surface area contributed by atoms with Gasteiger partial charge in [-0.3, -0.25) is 9.59 Å². The molecule has 3 aromatic rings. The summed E-state index contributed by atoms with van der Waals surface area (Å²) in [5, 5.41) is 5.32. The summed E-state index contributed by atoms with van der Waals surface area (Å²) < 4.78 is 25.3. The normalized spacial score (nSPS) is 17.6. The zero-order valence-electron chi connectivity index (χ0n) is 15.8. The second kappa shape index (κ2) is 6.94. The highest BCUT2D eigenvalue weighted by Gasteiger charge is 2.42. The molecule has 31 heavy (non-hydrogen) atoms. The lowest BCUT2D eigenvalue weighted by Gasteiger charge is -2.12. The number of benzene rings is 2. The first-order valence-electron chi connectivity index (χ1n) is 9.31. The summed E-state index contributed by atoms with van der Waals surface area (Å²) in [4.78, 5) is 49.5. The van der Waals surface area contributed by atoms with Crippen molar-refractivity contribution >= 4 is 34.8 Å². The number of hydrogen-bond donors (Lipinski definition) is 2. The lowest BCUT2D eigenvalue weighted by atomic mass is 10.1. The number of ether oxygens (including phenoxy) is 1. The topological polar surface area (TPSA) is 118 Å². The Hall–Kier alpha value is -4.21. The number of furan rings is 1. The van der Waals surface area contributed by atoms with Crippen LogP contribution in [-0.2, 0) is 16.1 Å². The number of hydrogen-bond acceptors (Lipinski definition) is 6. The van der Waals surface area contributed by atoms with E-state index in [1.165, 1.54) is 18.2 Å². The van der Waals surface area contributed by atoms with Crippen LogP contribution in [-0.4, -0.2) is 35.4 Å². The molecule has 0 saturated carbocycles. The Kier molecular flexibility index (Phi) is 4.21. The molecule has 5 rings (SSSR count). The summed E-state index contributed by atoms with van der Waals surface area (Å²) in [6.07, 6.45) is 0. The smallest absolute Gasteiger partial charge is 0.339 e. The van der Waals surface area contributed by atoms with Crippen molar-refractivity contribution in [2.45, 2.75) is 12.6 Å². The van der Waals surface area contributed by atoms with E-state index in [4.69, 9.17) is 9.15 Å². The molecule has 1 aromatic heterocycles. The van der Waals surface area contributed by atoms with Gasteiger partial charge in [0.2, 0.25) is 0 Å². The molecule has 2 aromatic carbocycles. The number of fused-ring (bicyclic) bond motifs is 2. The van der Waals surface area contributed by atoms with Gasteiger partial charge >= 0.3 is 12.0 Å². The number of imide groups is 1. The Labute approximate surface area is 173 Å². The maximum Gasteiger partial charge on any atom is 0.339 e. The van der Waals surface area contributed by atoms with Gasteiger partial charge in [-0.05, 0) is 29.8 Å². The lowest BCUT2D eigenvalue weighted by molar-refractivity contribution is -0.130. The molecule has 3 heterocycles. The molecule has 0 spiro atoms. The third-order valence-electron chi connectivity index (χ3n) is 5.16. The van der Waals surface area contributed by atoms with Gasteiger partial charge in [-0.15, -0.1) is 0 Å². The van der Waals surface area contributed by atoms with Crippen LogP contribution < -0.4 is 10.6 Å². The van der Waals surface area contributed by atoms with Gasteiger partial charge in [0.05, 0.1) is 11.1 Å². The summed E-state index contributed by atoms with van der Waals surface area (Å²) in [5.41, 5.74) is 0.487. The number of urea groups is 1. The monoisotopic (exact) mass is 423 g/mol. The first kappa shape index (κ1) is 18.8. The van der Waals surface area contributed by atoms with E-state index in [9.17, 15) is 23.6 Å². The number of carbonyl (C=O) groups is 4. The van der Waals surface area contributed by atoms with Crippen molar-refractivity contribution in [1.29, 1.82) is 0 Å². The molecule has 2 aliphatic heterocycles. The predicted molar refractivity (Wildman–Crippen MR) is 102 cm³/mol. The highest BCUT2D eigenvalue weighted by Crippen LogP contribution is 2.33. The fourth-order valence-corrected chi connectivity index (χ4v) is 3.62. The van der Waals surface area contributed by atoms with Gasteiger partial charge in [-0.25, -0.2) is 18.9 Å². The Balaban J connectivity index is 1.37. The van der Waals surface area contributed by atoms with E-state index < -0.39 is 42.4 Å².